The van der Waals surface area contributed by atoms with Crippen molar-refractivity contribution < 1.29 is 5.11 Å². The van der Waals surface area contributed by atoms with Gasteiger partial charge in [0.15, 0.2) is 0 Å². The lowest BCUT2D eigenvalue weighted by atomic mass is 10.3. The number of aromatic nitrogens is 2. The van der Waals surface area contributed by atoms with Crippen LogP contribution in [0.1, 0.15) is 0 Å². The van der Waals surface area contributed by atoms with E-state index in [0.29, 0.717) is 0 Å². The Morgan fingerprint density at radius 3 is 2.92 bits per heavy atom. The lowest BCUT2D eigenvalue weighted by Crippen LogP contribution is -2.16. The van der Waals surface area contributed by atoms with E-state index >= 15 is 0 Å². The Labute approximate surface area is 68.1 Å². The molecule has 0 radical (unpaired) electrons. The number of aliphatic hydroxyl groups excluding tert-OH is 1. The van der Waals surface area contributed by atoms with E-state index in [4.69, 9.17) is 5.11 Å². The average molecular weight is 164 g/mol. The van der Waals surface area contributed by atoms with Crippen LogP contribution in [0.4, 0.5) is 0 Å². The Balaban J connectivity index is 2.91. The number of rotatable bonds is 1. The second-order valence-corrected chi connectivity index (χ2v) is 2.52. The van der Waals surface area contributed by atoms with Crippen LogP contribution in [0.2, 0.25) is 0 Å². The van der Waals surface area contributed by atoms with Crippen LogP contribution in [-0.4, -0.2) is 14.7 Å². The van der Waals surface area contributed by atoms with Gasteiger partial charge in [-0.2, -0.15) is 0 Å². The van der Waals surface area contributed by atoms with Crippen LogP contribution >= 0.6 is 0 Å². The summed E-state index contributed by atoms with van der Waals surface area (Å²) in [6.45, 7) is -0.289. The van der Waals surface area contributed by atoms with Gasteiger partial charge >= 0.3 is 5.69 Å². The van der Waals surface area contributed by atoms with Crippen LogP contribution in [-0.2, 0) is 6.73 Å². The van der Waals surface area contributed by atoms with Gasteiger partial charge in [0.05, 0.1) is 11.0 Å². The fourth-order valence-corrected chi connectivity index (χ4v) is 1.25. The minimum atomic E-state index is -0.289. The van der Waals surface area contributed by atoms with E-state index in [1.807, 2.05) is 12.1 Å². The second-order valence-electron chi connectivity index (χ2n) is 2.52. The van der Waals surface area contributed by atoms with E-state index in [-0.39, 0.29) is 12.4 Å². The zero-order valence-corrected chi connectivity index (χ0v) is 6.32. The first-order valence-electron chi connectivity index (χ1n) is 3.61. The molecule has 0 aliphatic heterocycles. The lowest BCUT2D eigenvalue weighted by molar-refractivity contribution is 0.211. The second kappa shape index (κ2) is 2.49. The molecule has 2 rings (SSSR count). The van der Waals surface area contributed by atoms with Crippen LogP contribution in [0.3, 0.4) is 0 Å². The third-order valence-electron chi connectivity index (χ3n) is 1.82. The third-order valence-corrected chi connectivity index (χ3v) is 1.82. The molecule has 0 amide bonds. The van der Waals surface area contributed by atoms with Crippen molar-refractivity contribution in [3.05, 3.63) is 34.7 Å². The molecule has 0 spiro atoms. The predicted molar refractivity (Wildman–Crippen MR) is 44.8 cm³/mol. The number of nitrogens with zero attached hydrogens (tertiary/aromatic N) is 1. The first-order chi connectivity index (χ1) is 5.83. The predicted octanol–water partition coefficient (Wildman–Crippen LogP) is 0.279. The van der Waals surface area contributed by atoms with Gasteiger partial charge in [-0.1, -0.05) is 12.1 Å². The number of hydrogen-bond donors (Lipinski definition) is 2. The number of benzene rings is 1. The summed E-state index contributed by atoms with van der Waals surface area (Å²) in [6, 6.07) is 7.23. The Morgan fingerprint density at radius 1 is 1.42 bits per heavy atom. The maximum atomic E-state index is 11.1. The maximum Gasteiger partial charge on any atom is 0.328 e. The summed E-state index contributed by atoms with van der Waals surface area (Å²) in [7, 11) is 0. The monoisotopic (exact) mass is 164 g/mol. The van der Waals surface area contributed by atoms with Crippen molar-refractivity contribution in [2.24, 2.45) is 0 Å². The van der Waals surface area contributed by atoms with Crippen LogP contribution in [0.15, 0.2) is 29.1 Å². The first kappa shape index (κ1) is 7.12. The van der Waals surface area contributed by atoms with E-state index in [1.165, 1.54) is 4.57 Å². The molecule has 0 saturated carbocycles. The topological polar surface area (TPSA) is 58.0 Å². The first-order valence-corrected chi connectivity index (χ1v) is 3.61. The van der Waals surface area contributed by atoms with Gasteiger partial charge < -0.3 is 10.1 Å². The summed E-state index contributed by atoms with van der Waals surface area (Å²) in [4.78, 5) is 13.7. The number of fused-ring (bicyclic) bond motifs is 1. The molecule has 4 nitrogen and oxygen atoms in total. The van der Waals surface area contributed by atoms with Crippen LogP contribution in [0.25, 0.3) is 11.0 Å². The molecule has 1 aromatic carbocycles. The molecule has 1 aromatic heterocycles. The normalized spacial score (nSPS) is 10.8. The number of para-hydroxylation sites is 2. The summed E-state index contributed by atoms with van der Waals surface area (Å²) >= 11 is 0. The Hall–Kier alpha value is -1.55. The quantitative estimate of drug-likeness (QED) is 0.636. The van der Waals surface area contributed by atoms with Crippen molar-refractivity contribution in [3.63, 3.8) is 0 Å². The summed E-state index contributed by atoms with van der Waals surface area (Å²) in [6.07, 6.45) is 0. The number of aromatic amines is 1. The highest BCUT2D eigenvalue weighted by molar-refractivity contribution is 5.74. The Bertz CT molecular complexity index is 455. The minimum Gasteiger partial charge on any atom is -0.376 e. The standard InChI is InChI=1S/C8H8N2O2/c11-5-10-7-4-2-1-3-6(7)9-8(10)12/h1-4,11H,5H2,(H,9,12). The van der Waals surface area contributed by atoms with Crippen LogP contribution in [0.5, 0.6) is 0 Å². The molecule has 2 aromatic rings. The van der Waals surface area contributed by atoms with Gasteiger partial charge in [0.2, 0.25) is 0 Å². The minimum absolute atomic E-state index is 0.279. The number of nitrogens with one attached hydrogen (secondary N) is 1. The van der Waals surface area contributed by atoms with E-state index in [2.05, 4.69) is 4.98 Å². The molecule has 0 saturated heterocycles. The molecule has 1 heterocycles. The van der Waals surface area contributed by atoms with Crippen molar-refractivity contribution in [2.45, 2.75) is 6.73 Å². The average Bonchev–Trinajstić information content (AvgIpc) is 2.40. The number of aliphatic hydroxyl groups is 1. The van der Waals surface area contributed by atoms with Crippen molar-refractivity contribution in [2.75, 3.05) is 0 Å². The van der Waals surface area contributed by atoms with E-state index in [9.17, 15) is 4.79 Å². The SMILES string of the molecule is O=c1[nH]c2ccccc2n1CO. The fraction of sp³-hybridized carbons (Fsp3) is 0.125. The van der Waals surface area contributed by atoms with Crippen molar-refractivity contribution >= 4 is 11.0 Å². The molecular weight excluding hydrogens is 156 g/mol. The zero-order valence-electron chi connectivity index (χ0n) is 6.32. The van der Waals surface area contributed by atoms with Gasteiger partial charge in [-0.25, -0.2) is 4.79 Å². The molecule has 0 atom stereocenters. The van der Waals surface area contributed by atoms with Gasteiger partial charge in [0, 0.05) is 0 Å². The van der Waals surface area contributed by atoms with Gasteiger partial charge in [-0.15, -0.1) is 0 Å². The largest absolute Gasteiger partial charge is 0.376 e. The van der Waals surface area contributed by atoms with Crippen LogP contribution in [0, 0.1) is 0 Å². The molecule has 0 unspecified atom stereocenters. The number of hydrogen-bond acceptors (Lipinski definition) is 2. The summed E-state index contributed by atoms with van der Waals surface area (Å²) in [5, 5.41) is 8.85. The summed E-state index contributed by atoms with van der Waals surface area (Å²) in [5.74, 6) is 0. The van der Waals surface area contributed by atoms with Gasteiger partial charge in [-0.3, -0.25) is 4.57 Å². The summed E-state index contributed by atoms with van der Waals surface area (Å²) < 4.78 is 1.27. The zero-order chi connectivity index (χ0) is 8.55. The summed E-state index contributed by atoms with van der Waals surface area (Å²) in [5.41, 5.74) is 1.19. The molecule has 4 heteroatoms. The smallest absolute Gasteiger partial charge is 0.328 e. The molecule has 12 heavy (non-hydrogen) atoms. The molecule has 0 aliphatic rings. The molecule has 62 valence electrons. The van der Waals surface area contributed by atoms with Gasteiger partial charge in [0.1, 0.15) is 6.73 Å². The number of imidazole rings is 1. The van der Waals surface area contributed by atoms with Gasteiger partial charge in [0.25, 0.3) is 0 Å². The molecule has 0 bridgehead atoms. The lowest BCUT2D eigenvalue weighted by Gasteiger charge is -1.94. The van der Waals surface area contributed by atoms with Crippen LogP contribution < -0.4 is 5.69 Å². The van der Waals surface area contributed by atoms with Crippen molar-refractivity contribution in [1.82, 2.24) is 9.55 Å². The highest BCUT2D eigenvalue weighted by atomic mass is 16.3. The Kier molecular flexibility index (Phi) is 1.48. The molecule has 0 aliphatic carbocycles. The fourth-order valence-electron chi connectivity index (χ4n) is 1.25. The molecule has 2 N–H and O–H groups in total. The third kappa shape index (κ3) is 0.853. The Morgan fingerprint density at radius 2 is 2.17 bits per heavy atom. The van der Waals surface area contributed by atoms with Crippen molar-refractivity contribution in [3.8, 4) is 0 Å². The highest BCUT2D eigenvalue weighted by Gasteiger charge is 2.02. The van der Waals surface area contributed by atoms with Gasteiger partial charge in [-0.05, 0) is 12.1 Å². The number of H-pyrrole nitrogens is 1. The van der Waals surface area contributed by atoms with Crippen molar-refractivity contribution in [1.29, 1.82) is 0 Å². The molecular formula is C8H8N2O2. The van der Waals surface area contributed by atoms with E-state index in [0.717, 1.165) is 11.0 Å². The van der Waals surface area contributed by atoms with E-state index in [1.54, 1.807) is 12.1 Å². The molecule has 0 fully saturated rings. The highest BCUT2D eigenvalue weighted by Crippen LogP contribution is 2.07. The maximum absolute atomic E-state index is 11.1. The van der Waals surface area contributed by atoms with E-state index < -0.39 is 0 Å².